The fourth-order valence-electron chi connectivity index (χ4n) is 3.68. The molecule has 7 heteroatoms. The lowest BCUT2D eigenvalue weighted by Crippen LogP contribution is -2.26. The molecule has 2 aromatic rings. The number of rotatable bonds is 10. The van der Waals surface area contributed by atoms with Crippen molar-refractivity contribution in [2.45, 2.75) is 56.6 Å². The molecule has 0 saturated heterocycles. The van der Waals surface area contributed by atoms with Gasteiger partial charge in [-0.05, 0) is 30.9 Å². The topological polar surface area (TPSA) is 72.7 Å². The van der Waals surface area contributed by atoms with Crippen LogP contribution in [0.4, 0.5) is 0 Å². The van der Waals surface area contributed by atoms with E-state index in [2.05, 4.69) is 27.1 Å². The fraction of sp³-hybridized carbons (Fsp3) is 0.524. The smallest absolute Gasteiger partial charge is 0.230 e. The largest absolute Gasteiger partial charge is 0.355 e. The van der Waals surface area contributed by atoms with Crippen molar-refractivity contribution in [1.82, 2.24) is 25.1 Å². The molecule has 2 heterocycles. The standard InChI is InChI=1S/C21H29N5OS/c1-2-15-26-20(18-10-13-22-14-11-18)24-25-21(26)28-16-19(27)23-12-6-9-17-7-4-3-5-8-17/h2,10-11,13-14,17H,1,3-9,12,15-16H2,(H,23,27). The number of carbonyl (C=O) groups is 1. The SMILES string of the molecule is C=CCn1c(SCC(=O)NCCCC2CCCCC2)nnc1-c1ccncc1. The Morgan fingerprint density at radius 2 is 2.04 bits per heavy atom. The van der Waals surface area contributed by atoms with Crippen LogP contribution in [0.5, 0.6) is 0 Å². The van der Waals surface area contributed by atoms with Gasteiger partial charge in [0.15, 0.2) is 11.0 Å². The maximum Gasteiger partial charge on any atom is 0.230 e. The molecule has 1 amide bonds. The van der Waals surface area contributed by atoms with E-state index in [1.54, 1.807) is 12.4 Å². The lowest BCUT2D eigenvalue weighted by Gasteiger charge is -2.21. The van der Waals surface area contributed by atoms with E-state index >= 15 is 0 Å². The van der Waals surface area contributed by atoms with E-state index in [1.165, 1.54) is 50.3 Å². The summed E-state index contributed by atoms with van der Waals surface area (Å²) in [5.74, 6) is 2.02. The Balaban J connectivity index is 1.46. The monoisotopic (exact) mass is 399 g/mol. The first kappa shape index (κ1) is 20.6. The van der Waals surface area contributed by atoms with Crippen molar-refractivity contribution in [1.29, 1.82) is 0 Å². The Kier molecular flexibility index (Phi) is 8.08. The zero-order valence-electron chi connectivity index (χ0n) is 16.3. The van der Waals surface area contributed by atoms with Crippen LogP contribution in [-0.4, -0.2) is 38.0 Å². The van der Waals surface area contributed by atoms with Gasteiger partial charge in [-0.25, -0.2) is 0 Å². The van der Waals surface area contributed by atoms with Crippen LogP contribution < -0.4 is 5.32 Å². The maximum absolute atomic E-state index is 12.2. The molecule has 0 spiro atoms. The summed E-state index contributed by atoms with van der Waals surface area (Å²) in [7, 11) is 0. The summed E-state index contributed by atoms with van der Waals surface area (Å²) < 4.78 is 1.98. The van der Waals surface area contributed by atoms with Gasteiger partial charge in [0.2, 0.25) is 5.91 Å². The number of carbonyl (C=O) groups excluding carboxylic acids is 1. The molecule has 3 rings (SSSR count). The summed E-state index contributed by atoms with van der Waals surface area (Å²) in [6.07, 6.45) is 14.4. The molecule has 1 aliphatic rings. The van der Waals surface area contributed by atoms with Gasteiger partial charge in [-0.3, -0.25) is 14.3 Å². The summed E-state index contributed by atoms with van der Waals surface area (Å²) in [4.78, 5) is 16.2. The van der Waals surface area contributed by atoms with Crippen LogP contribution >= 0.6 is 11.8 Å². The third kappa shape index (κ3) is 5.92. The van der Waals surface area contributed by atoms with Crippen LogP contribution in [-0.2, 0) is 11.3 Å². The van der Waals surface area contributed by atoms with E-state index in [-0.39, 0.29) is 5.91 Å². The zero-order valence-corrected chi connectivity index (χ0v) is 17.2. The normalized spacial score (nSPS) is 14.7. The highest BCUT2D eigenvalue weighted by Crippen LogP contribution is 2.27. The van der Waals surface area contributed by atoms with Gasteiger partial charge >= 0.3 is 0 Å². The van der Waals surface area contributed by atoms with Gasteiger partial charge < -0.3 is 5.32 Å². The van der Waals surface area contributed by atoms with Gasteiger partial charge in [-0.1, -0.05) is 49.9 Å². The van der Waals surface area contributed by atoms with Crippen molar-refractivity contribution in [2.75, 3.05) is 12.3 Å². The van der Waals surface area contributed by atoms with Gasteiger partial charge in [0.25, 0.3) is 0 Å². The van der Waals surface area contributed by atoms with Crippen LogP contribution in [0.2, 0.25) is 0 Å². The van der Waals surface area contributed by atoms with E-state index < -0.39 is 0 Å². The minimum Gasteiger partial charge on any atom is -0.355 e. The molecule has 1 aliphatic carbocycles. The molecule has 2 aromatic heterocycles. The molecular formula is C21H29N5OS. The van der Waals surface area contributed by atoms with Crippen molar-refractivity contribution in [3.63, 3.8) is 0 Å². The Labute approximate surface area is 171 Å². The third-order valence-corrected chi connectivity index (χ3v) is 6.10. The van der Waals surface area contributed by atoms with Gasteiger partial charge in [0.1, 0.15) is 0 Å². The molecule has 28 heavy (non-hydrogen) atoms. The molecule has 6 nitrogen and oxygen atoms in total. The van der Waals surface area contributed by atoms with Gasteiger partial charge in [-0.2, -0.15) is 0 Å². The number of aromatic nitrogens is 4. The minimum atomic E-state index is 0.0484. The highest BCUT2D eigenvalue weighted by Gasteiger charge is 2.15. The predicted octanol–water partition coefficient (Wildman–Crippen LogP) is 4.09. The number of hydrogen-bond donors (Lipinski definition) is 1. The van der Waals surface area contributed by atoms with Crippen LogP contribution in [0.3, 0.4) is 0 Å². The lowest BCUT2D eigenvalue weighted by atomic mass is 9.86. The highest BCUT2D eigenvalue weighted by molar-refractivity contribution is 7.99. The molecule has 0 bridgehead atoms. The molecule has 1 N–H and O–H groups in total. The summed E-state index contributed by atoms with van der Waals surface area (Å²) in [5.41, 5.74) is 0.948. The number of thioether (sulfide) groups is 1. The molecule has 0 unspecified atom stereocenters. The van der Waals surface area contributed by atoms with Crippen molar-refractivity contribution < 1.29 is 4.79 Å². The summed E-state index contributed by atoms with van der Waals surface area (Å²) >= 11 is 1.41. The Hall–Kier alpha value is -2.15. The Bertz CT molecular complexity index is 755. The van der Waals surface area contributed by atoms with E-state index in [9.17, 15) is 4.79 Å². The fourth-order valence-corrected chi connectivity index (χ4v) is 4.46. The number of pyridine rings is 1. The van der Waals surface area contributed by atoms with Crippen molar-refractivity contribution in [3.05, 3.63) is 37.2 Å². The molecule has 1 fully saturated rings. The zero-order chi connectivity index (χ0) is 19.6. The predicted molar refractivity (Wildman–Crippen MR) is 113 cm³/mol. The van der Waals surface area contributed by atoms with Crippen LogP contribution in [0.15, 0.2) is 42.3 Å². The number of allylic oxidation sites excluding steroid dienone is 1. The second kappa shape index (κ2) is 11.0. The molecule has 0 radical (unpaired) electrons. The average Bonchev–Trinajstić information content (AvgIpc) is 3.14. The molecule has 0 aromatic carbocycles. The van der Waals surface area contributed by atoms with Gasteiger partial charge in [0, 0.05) is 31.0 Å². The van der Waals surface area contributed by atoms with Crippen molar-refractivity contribution in [2.24, 2.45) is 5.92 Å². The molecular weight excluding hydrogens is 370 g/mol. The number of hydrogen-bond acceptors (Lipinski definition) is 5. The summed E-state index contributed by atoms with van der Waals surface area (Å²) in [6, 6.07) is 3.80. The van der Waals surface area contributed by atoms with Crippen LogP contribution in [0, 0.1) is 5.92 Å². The van der Waals surface area contributed by atoms with E-state index in [1.807, 2.05) is 22.8 Å². The second-order valence-corrected chi connectivity index (χ2v) is 8.17. The third-order valence-electron chi connectivity index (χ3n) is 5.14. The average molecular weight is 400 g/mol. The first-order valence-corrected chi connectivity index (χ1v) is 11.1. The number of nitrogens with one attached hydrogen (secondary N) is 1. The molecule has 150 valence electrons. The Morgan fingerprint density at radius 3 is 2.79 bits per heavy atom. The van der Waals surface area contributed by atoms with Gasteiger partial charge in [-0.15, -0.1) is 16.8 Å². The first-order valence-electron chi connectivity index (χ1n) is 10.1. The second-order valence-electron chi connectivity index (χ2n) is 7.23. The van der Waals surface area contributed by atoms with Crippen molar-refractivity contribution in [3.8, 4) is 11.4 Å². The first-order chi connectivity index (χ1) is 13.8. The van der Waals surface area contributed by atoms with Gasteiger partial charge in [0.05, 0.1) is 5.75 Å². The lowest BCUT2D eigenvalue weighted by molar-refractivity contribution is -0.118. The number of amides is 1. The summed E-state index contributed by atoms with van der Waals surface area (Å²) in [5, 5.41) is 12.3. The maximum atomic E-state index is 12.2. The Morgan fingerprint density at radius 1 is 1.25 bits per heavy atom. The van der Waals surface area contributed by atoms with Crippen LogP contribution in [0.1, 0.15) is 44.9 Å². The van der Waals surface area contributed by atoms with E-state index in [0.29, 0.717) is 12.3 Å². The van der Waals surface area contributed by atoms with E-state index in [4.69, 9.17) is 0 Å². The molecule has 0 atom stereocenters. The summed E-state index contributed by atoms with van der Waals surface area (Å²) in [6.45, 7) is 5.17. The minimum absolute atomic E-state index is 0.0484. The number of nitrogens with zero attached hydrogens (tertiary/aromatic N) is 4. The van der Waals surface area contributed by atoms with Crippen LogP contribution in [0.25, 0.3) is 11.4 Å². The quantitative estimate of drug-likeness (QED) is 0.370. The molecule has 1 saturated carbocycles. The highest BCUT2D eigenvalue weighted by atomic mass is 32.2. The van der Waals surface area contributed by atoms with Crippen molar-refractivity contribution >= 4 is 17.7 Å². The van der Waals surface area contributed by atoms with E-state index in [0.717, 1.165) is 35.4 Å². The molecule has 0 aliphatic heterocycles.